The average Bonchev–Trinajstić information content (AvgIpc) is 2.99. The van der Waals surface area contributed by atoms with Crippen molar-refractivity contribution in [1.82, 2.24) is 9.13 Å². The van der Waals surface area contributed by atoms with Crippen LogP contribution < -0.4 is 10.3 Å². The molecule has 0 amide bonds. The fourth-order valence-electron chi connectivity index (χ4n) is 3.26. The Balaban J connectivity index is 1.92. The van der Waals surface area contributed by atoms with Crippen molar-refractivity contribution >= 4 is 5.78 Å². The molecule has 1 aromatic carbocycles. The van der Waals surface area contributed by atoms with E-state index in [9.17, 15) is 9.59 Å². The minimum absolute atomic E-state index is 0.109. The third-order valence-corrected chi connectivity index (χ3v) is 4.56. The monoisotopic (exact) mass is 375 g/mol. The van der Waals surface area contributed by atoms with Crippen LogP contribution in [0.1, 0.15) is 34.2 Å². The van der Waals surface area contributed by atoms with Gasteiger partial charge in [-0.2, -0.15) is 5.26 Å². The summed E-state index contributed by atoms with van der Waals surface area (Å²) >= 11 is 0. The molecule has 0 aliphatic carbocycles. The predicted molar refractivity (Wildman–Crippen MR) is 106 cm³/mol. The van der Waals surface area contributed by atoms with Gasteiger partial charge in [-0.3, -0.25) is 9.59 Å². The maximum atomic E-state index is 12.8. The van der Waals surface area contributed by atoms with Crippen LogP contribution in [0.3, 0.4) is 0 Å². The first-order valence-corrected chi connectivity index (χ1v) is 9.00. The Morgan fingerprint density at radius 2 is 1.86 bits per heavy atom. The lowest BCUT2D eigenvalue weighted by Gasteiger charge is -2.11. The largest absolute Gasteiger partial charge is 0.494 e. The summed E-state index contributed by atoms with van der Waals surface area (Å²) in [4.78, 5) is 24.8. The Labute approximate surface area is 163 Å². The lowest BCUT2D eigenvalue weighted by Crippen LogP contribution is -2.23. The molecule has 0 aliphatic heterocycles. The molecular formula is C22H21N3O3. The van der Waals surface area contributed by atoms with Crippen LogP contribution in [0.5, 0.6) is 5.75 Å². The van der Waals surface area contributed by atoms with E-state index in [0.29, 0.717) is 17.7 Å². The summed E-state index contributed by atoms with van der Waals surface area (Å²) < 4.78 is 8.74. The fourth-order valence-corrected chi connectivity index (χ4v) is 3.26. The minimum atomic E-state index is -0.312. The van der Waals surface area contributed by atoms with Gasteiger partial charge in [0.25, 0.3) is 5.56 Å². The molecule has 0 atom stereocenters. The first kappa shape index (κ1) is 19.2. The Bertz CT molecular complexity index is 1120. The number of ether oxygens (including phenoxy) is 1. The SMILES string of the molecule is CCOc1ccc(-n2c(C)cc(C(=O)Cn3cc(C#N)ccc3=O)c2C)cc1. The zero-order valence-corrected chi connectivity index (χ0v) is 16.1. The van der Waals surface area contributed by atoms with Crippen LogP contribution in [0.4, 0.5) is 0 Å². The van der Waals surface area contributed by atoms with Crippen LogP contribution in [0, 0.1) is 25.2 Å². The predicted octanol–water partition coefficient (Wildman–Crippen LogP) is 3.41. The van der Waals surface area contributed by atoms with E-state index in [1.165, 1.54) is 22.9 Å². The van der Waals surface area contributed by atoms with Gasteiger partial charge in [-0.05, 0) is 57.2 Å². The van der Waals surface area contributed by atoms with Gasteiger partial charge in [-0.25, -0.2) is 0 Å². The van der Waals surface area contributed by atoms with Gasteiger partial charge in [-0.1, -0.05) is 0 Å². The van der Waals surface area contributed by atoms with Gasteiger partial charge in [0, 0.05) is 34.9 Å². The zero-order chi connectivity index (χ0) is 20.3. The number of pyridine rings is 1. The molecule has 142 valence electrons. The van der Waals surface area contributed by atoms with E-state index in [0.717, 1.165) is 22.8 Å². The number of carbonyl (C=O) groups excluding carboxylic acids is 1. The Morgan fingerprint density at radius 1 is 1.14 bits per heavy atom. The molecular weight excluding hydrogens is 354 g/mol. The standard InChI is InChI=1S/C22H21N3O3/c1-4-28-19-8-6-18(7-9-19)25-15(2)11-20(16(25)3)21(26)14-24-13-17(12-23)5-10-22(24)27/h5-11,13H,4,14H2,1-3H3. The van der Waals surface area contributed by atoms with E-state index >= 15 is 0 Å². The summed E-state index contributed by atoms with van der Waals surface area (Å²) in [5, 5.41) is 9.00. The molecule has 0 saturated carbocycles. The highest BCUT2D eigenvalue weighted by Gasteiger charge is 2.17. The second-order valence-electron chi connectivity index (χ2n) is 6.47. The van der Waals surface area contributed by atoms with Gasteiger partial charge in [0.2, 0.25) is 0 Å². The number of rotatable bonds is 6. The van der Waals surface area contributed by atoms with E-state index in [-0.39, 0.29) is 17.9 Å². The van der Waals surface area contributed by atoms with Crippen LogP contribution in [0.15, 0.2) is 53.5 Å². The van der Waals surface area contributed by atoms with E-state index < -0.39 is 0 Å². The Morgan fingerprint density at radius 3 is 2.50 bits per heavy atom. The lowest BCUT2D eigenvalue weighted by molar-refractivity contribution is 0.0970. The van der Waals surface area contributed by atoms with E-state index in [1.807, 2.05) is 61.7 Å². The van der Waals surface area contributed by atoms with Gasteiger partial charge < -0.3 is 13.9 Å². The van der Waals surface area contributed by atoms with Crippen molar-refractivity contribution in [3.8, 4) is 17.5 Å². The molecule has 6 nitrogen and oxygen atoms in total. The Hall–Kier alpha value is -3.59. The molecule has 0 spiro atoms. The number of hydrogen-bond acceptors (Lipinski definition) is 4. The molecule has 0 unspecified atom stereocenters. The summed E-state index contributed by atoms with van der Waals surface area (Å²) in [6.45, 7) is 6.24. The number of carbonyl (C=O) groups is 1. The molecule has 3 rings (SSSR count). The van der Waals surface area contributed by atoms with Crippen LogP contribution in [0.2, 0.25) is 0 Å². The molecule has 2 heterocycles. The highest BCUT2D eigenvalue weighted by Crippen LogP contribution is 2.23. The maximum Gasteiger partial charge on any atom is 0.251 e. The van der Waals surface area contributed by atoms with E-state index in [4.69, 9.17) is 10.00 Å². The molecule has 0 radical (unpaired) electrons. The van der Waals surface area contributed by atoms with E-state index in [1.54, 1.807) is 0 Å². The van der Waals surface area contributed by atoms with Crippen molar-refractivity contribution < 1.29 is 9.53 Å². The normalized spacial score (nSPS) is 10.5. The Kier molecular flexibility index (Phi) is 5.46. The molecule has 2 aromatic heterocycles. The highest BCUT2D eigenvalue weighted by molar-refractivity contribution is 5.97. The number of benzene rings is 1. The van der Waals surface area contributed by atoms with Crippen molar-refractivity contribution in [2.45, 2.75) is 27.3 Å². The first-order chi connectivity index (χ1) is 13.4. The summed E-state index contributed by atoms with van der Waals surface area (Å²) in [5.74, 6) is 0.615. The summed E-state index contributed by atoms with van der Waals surface area (Å²) in [7, 11) is 0. The van der Waals surface area contributed by atoms with Gasteiger partial charge in [0.05, 0.1) is 18.7 Å². The number of Topliss-reactive ketones (excluding diaryl/α,β-unsaturated/α-hetero) is 1. The molecule has 0 fully saturated rings. The third kappa shape index (κ3) is 3.74. The maximum absolute atomic E-state index is 12.8. The molecule has 0 saturated heterocycles. The highest BCUT2D eigenvalue weighted by atomic mass is 16.5. The van der Waals surface area contributed by atoms with Crippen LogP contribution in [-0.2, 0) is 6.54 Å². The summed E-state index contributed by atoms with van der Waals surface area (Å²) in [5.41, 5.74) is 3.24. The summed E-state index contributed by atoms with van der Waals surface area (Å²) in [6.07, 6.45) is 1.41. The minimum Gasteiger partial charge on any atom is -0.494 e. The van der Waals surface area contributed by atoms with Crippen molar-refractivity contribution in [3.05, 3.63) is 81.5 Å². The van der Waals surface area contributed by atoms with Gasteiger partial charge in [0.15, 0.2) is 5.78 Å². The molecule has 6 heteroatoms. The van der Waals surface area contributed by atoms with Gasteiger partial charge >= 0.3 is 0 Å². The van der Waals surface area contributed by atoms with Crippen molar-refractivity contribution in [2.75, 3.05) is 6.61 Å². The number of nitrogens with zero attached hydrogens (tertiary/aromatic N) is 3. The van der Waals surface area contributed by atoms with Crippen LogP contribution >= 0.6 is 0 Å². The molecule has 0 aliphatic rings. The van der Waals surface area contributed by atoms with Crippen molar-refractivity contribution in [3.63, 3.8) is 0 Å². The molecule has 0 N–H and O–H groups in total. The number of aryl methyl sites for hydroxylation is 1. The molecule has 0 bridgehead atoms. The van der Waals surface area contributed by atoms with Crippen LogP contribution in [-0.4, -0.2) is 21.5 Å². The third-order valence-electron chi connectivity index (χ3n) is 4.56. The fraction of sp³-hybridized carbons (Fsp3) is 0.227. The number of ketones is 1. The molecule has 28 heavy (non-hydrogen) atoms. The first-order valence-electron chi connectivity index (χ1n) is 9.00. The van der Waals surface area contributed by atoms with Crippen molar-refractivity contribution in [2.24, 2.45) is 0 Å². The smallest absolute Gasteiger partial charge is 0.251 e. The average molecular weight is 375 g/mol. The van der Waals surface area contributed by atoms with Gasteiger partial charge in [-0.15, -0.1) is 0 Å². The van der Waals surface area contributed by atoms with Crippen molar-refractivity contribution in [1.29, 1.82) is 5.26 Å². The zero-order valence-electron chi connectivity index (χ0n) is 16.1. The quantitative estimate of drug-likeness (QED) is 0.619. The lowest BCUT2D eigenvalue weighted by atomic mass is 10.1. The second-order valence-corrected chi connectivity index (χ2v) is 6.47. The number of aromatic nitrogens is 2. The molecule has 3 aromatic rings. The number of hydrogen-bond donors (Lipinski definition) is 0. The topological polar surface area (TPSA) is 77.0 Å². The van der Waals surface area contributed by atoms with Gasteiger partial charge in [0.1, 0.15) is 11.8 Å². The van der Waals surface area contributed by atoms with E-state index in [2.05, 4.69) is 0 Å². The number of nitriles is 1. The summed E-state index contributed by atoms with van der Waals surface area (Å²) in [6, 6.07) is 14.2. The van der Waals surface area contributed by atoms with Crippen LogP contribution in [0.25, 0.3) is 5.69 Å². The second kappa shape index (κ2) is 7.97.